The molecular formula is C18H18F3N5OS. The van der Waals surface area contributed by atoms with Crippen LogP contribution >= 0.6 is 11.9 Å². The maximum Gasteiger partial charge on any atom is 0.433 e. The lowest BCUT2D eigenvalue weighted by Crippen LogP contribution is -2.49. The lowest BCUT2D eigenvalue weighted by Gasteiger charge is -2.31. The van der Waals surface area contributed by atoms with Crippen LogP contribution in [0.5, 0.6) is 0 Å². The first-order chi connectivity index (χ1) is 13.2. The normalized spacial score (nSPS) is 22.2. The maximum atomic E-state index is 13.4. The summed E-state index contributed by atoms with van der Waals surface area (Å²) in [4.78, 5) is 16.8. The minimum Gasteiger partial charge on any atom is -0.324 e. The van der Waals surface area contributed by atoms with Crippen LogP contribution in [0.4, 0.5) is 18.9 Å². The molecule has 2 aromatic rings. The highest BCUT2D eigenvalue weighted by atomic mass is 32.2. The van der Waals surface area contributed by atoms with Gasteiger partial charge in [-0.2, -0.15) is 18.3 Å². The van der Waals surface area contributed by atoms with Gasteiger partial charge in [-0.3, -0.25) is 14.5 Å². The van der Waals surface area contributed by atoms with Gasteiger partial charge in [-0.25, -0.2) is 4.72 Å². The average Bonchev–Trinajstić information content (AvgIpc) is 3.27. The zero-order valence-electron chi connectivity index (χ0n) is 15.2. The van der Waals surface area contributed by atoms with E-state index in [0.29, 0.717) is 11.3 Å². The Morgan fingerprint density at radius 3 is 2.79 bits per heavy atom. The summed E-state index contributed by atoms with van der Waals surface area (Å²) in [6.07, 6.45) is 0.192. The molecule has 0 radical (unpaired) electrons. The first kappa shape index (κ1) is 19.0. The number of hydrogen-bond acceptors (Lipinski definition) is 5. The van der Waals surface area contributed by atoms with E-state index >= 15 is 0 Å². The quantitative estimate of drug-likeness (QED) is 0.756. The molecule has 1 saturated carbocycles. The van der Waals surface area contributed by atoms with Gasteiger partial charge in [0.25, 0.3) is 5.91 Å². The van der Waals surface area contributed by atoms with Crippen LogP contribution in [0, 0.1) is 12.8 Å². The standard InChI is InChI=1S/C18H18F3N5OS/c1-10-13(8-26(2)24-10)17(14(9-28-25-17)11-3-4-11)16(27)23-12-5-6-22-15(7-12)18(19,20)21/h5-9,11,25H,3-4H2,1-2H3,(H,22,23,27). The molecule has 1 atom stereocenters. The van der Waals surface area contributed by atoms with Crippen molar-refractivity contribution in [2.24, 2.45) is 13.0 Å². The number of anilines is 1. The van der Waals surface area contributed by atoms with Crippen molar-refractivity contribution in [1.29, 1.82) is 0 Å². The molecule has 1 unspecified atom stereocenters. The number of amides is 1. The summed E-state index contributed by atoms with van der Waals surface area (Å²) in [6.45, 7) is 1.81. The summed E-state index contributed by atoms with van der Waals surface area (Å²) < 4.78 is 43.7. The van der Waals surface area contributed by atoms with Crippen molar-refractivity contribution in [3.63, 3.8) is 0 Å². The molecule has 2 N–H and O–H groups in total. The maximum absolute atomic E-state index is 13.4. The molecule has 1 aliphatic heterocycles. The molecule has 28 heavy (non-hydrogen) atoms. The van der Waals surface area contributed by atoms with Gasteiger partial charge in [0, 0.05) is 30.7 Å². The number of carbonyl (C=O) groups excluding carboxylic acids is 1. The van der Waals surface area contributed by atoms with E-state index < -0.39 is 23.3 Å². The molecule has 0 aromatic carbocycles. The fraction of sp³-hybridized carbons (Fsp3) is 0.389. The second-order valence-electron chi connectivity index (χ2n) is 7.00. The smallest absolute Gasteiger partial charge is 0.324 e. The third kappa shape index (κ3) is 3.20. The molecule has 148 valence electrons. The monoisotopic (exact) mass is 409 g/mol. The average molecular weight is 409 g/mol. The van der Waals surface area contributed by atoms with Gasteiger partial charge in [0.2, 0.25) is 0 Å². The Morgan fingerprint density at radius 1 is 1.43 bits per heavy atom. The Morgan fingerprint density at radius 2 is 2.18 bits per heavy atom. The van der Waals surface area contributed by atoms with Crippen LogP contribution < -0.4 is 10.0 Å². The van der Waals surface area contributed by atoms with Gasteiger partial charge < -0.3 is 5.32 Å². The van der Waals surface area contributed by atoms with E-state index in [0.717, 1.165) is 30.7 Å². The molecule has 2 aliphatic rings. The van der Waals surface area contributed by atoms with E-state index in [2.05, 4.69) is 20.1 Å². The number of halogens is 3. The van der Waals surface area contributed by atoms with Crippen molar-refractivity contribution < 1.29 is 18.0 Å². The Balaban J connectivity index is 1.73. The second kappa shape index (κ2) is 6.63. The molecular weight excluding hydrogens is 391 g/mol. The van der Waals surface area contributed by atoms with Crippen molar-refractivity contribution >= 4 is 23.5 Å². The summed E-state index contributed by atoms with van der Waals surface area (Å²) in [6, 6.07) is 2.18. The minimum atomic E-state index is -4.58. The third-order valence-corrected chi connectivity index (χ3v) is 5.71. The van der Waals surface area contributed by atoms with Crippen LogP contribution in [0.2, 0.25) is 0 Å². The number of alkyl halides is 3. The van der Waals surface area contributed by atoms with Gasteiger partial charge in [-0.1, -0.05) is 11.9 Å². The lowest BCUT2D eigenvalue weighted by atomic mass is 9.81. The molecule has 4 rings (SSSR count). The van der Waals surface area contributed by atoms with Gasteiger partial charge in [0.1, 0.15) is 5.69 Å². The molecule has 0 saturated heterocycles. The van der Waals surface area contributed by atoms with Gasteiger partial charge in [-0.05, 0) is 48.8 Å². The Labute approximate surface area is 163 Å². The number of nitrogens with zero attached hydrogens (tertiary/aromatic N) is 3. The predicted molar refractivity (Wildman–Crippen MR) is 99.0 cm³/mol. The first-order valence-corrected chi connectivity index (χ1v) is 9.58. The zero-order chi connectivity index (χ0) is 20.1. The van der Waals surface area contributed by atoms with E-state index in [9.17, 15) is 18.0 Å². The Hall–Kier alpha value is -2.33. The summed E-state index contributed by atoms with van der Waals surface area (Å²) >= 11 is 1.31. The zero-order valence-corrected chi connectivity index (χ0v) is 16.0. The lowest BCUT2D eigenvalue weighted by molar-refractivity contribution is -0.141. The third-order valence-electron chi connectivity index (χ3n) is 4.91. The van der Waals surface area contributed by atoms with E-state index in [4.69, 9.17) is 0 Å². The van der Waals surface area contributed by atoms with Gasteiger partial charge in [-0.15, -0.1) is 0 Å². The fourth-order valence-electron chi connectivity index (χ4n) is 3.49. The highest BCUT2D eigenvalue weighted by Gasteiger charge is 2.53. The second-order valence-corrected chi connectivity index (χ2v) is 7.68. The van der Waals surface area contributed by atoms with Crippen LogP contribution in [0.1, 0.15) is 29.8 Å². The summed E-state index contributed by atoms with van der Waals surface area (Å²) in [7, 11) is 1.77. The highest BCUT2D eigenvalue weighted by Crippen LogP contribution is 2.51. The van der Waals surface area contributed by atoms with E-state index in [-0.39, 0.29) is 11.6 Å². The van der Waals surface area contributed by atoms with E-state index in [1.807, 2.05) is 12.3 Å². The van der Waals surface area contributed by atoms with Crippen molar-refractivity contribution in [3.05, 3.63) is 52.5 Å². The summed E-state index contributed by atoms with van der Waals surface area (Å²) in [5.41, 5.74) is 0.124. The number of pyridine rings is 1. The first-order valence-electron chi connectivity index (χ1n) is 8.70. The number of aromatic nitrogens is 3. The van der Waals surface area contributed by atoms with Gasteiger partial charge in [0.05, 0.1) is 5.69 Å². The SMILES string of the molecule is Cc1nn(C)cc1C1(C(=O)Nc2ccnc(C(F)(F)F)c2)NSC=C1C1CC1. The van der Waals surface area contributed by atoms with Crippen LogP contribution in [-0.2, 0) is 23.6 Å². The van der Waals surface area contributed by atoms with Crippen molar-refractivity contribution in [2.75, 3.05) is 5.32 Å². The molecule has 3 heterocycles. The largest absolute Gasteiger partial charge is 0.433 e. The Kier molecular flexibility index (Phi) is 4.50. The molecule has 1 fully saturated rings. The van der Waals surface area contributed by atoms with E-state index in [1.165, 1.54) is 18.0 Å². The molecule has 0 spiro atoms. The molecule has 6 nitrogen and oxygen atoms in total. The van der Waals surface area contributed by atoms with Crippen molar-refractivity contribution in [3.8, 4) is 0 Å². The van der Waals surface area contributed by atoms with Gasteiger partial charge in [0.15, 0.2) is 5.54 Å². The number of nitrogens with one attached hydrogen (secondary N) is 2. The van der Waals surface area contributed by atoms with Gasteiger partial charge >= 0.3 is 6.18 Å². The van der Waals surface area contributed by atoms with Crippen molar-refractivity contribution in [2.45, 2.75) is 31.5 Å². The minimum absolute atomic E-state index is 0.0436. The topological polar surface area (TPSA) is 71.8 Å². The summed E-state index contributed by atoms with van der Waals surface area (Å²) in [5.74, 6) is -0.165. The predicted octanol–water partition coefficient (Wildman–Crippen LogP) is 3.52. The van der Waals surface area contributed by atoms with Crippen LogP contribution in [0.15, 0.2) is 35.5 Å². The van der Waals surface area contributed by atoms with Crippen molar-refractivity contribution in [1.82, 2.24) is 19.5 Å². The molecule has 0 bridgehead atoms. The molecule has 1 amide bonds. The Bertz CT molecular complexity index is 966. The number of rotatable bonds is 4. The molecule has 10 heteroatoms. The van der Waals surface area contributed by atoms with E-state index in [1.54, 1.807) is 17.9 Å². The summed E-state index contributed by atoms with van der Waals surface area (Å²) in [5, 5.41) is 8.93. The van der Waals surface area contributed by atoms with Crippen LogP contribution in [0.25, 0.3) is 0 Å². The number of aryl methyl sites for hydroxylation is 2. The number of hydrogen-bond donors (Lipinski definition) is 2. The highest BCUT2D eigenvalue weighted by molar-refractivity contribution is 8.00. The molecule has 2 aromatic heterocycles. The molecule has 1 aliphatic carbocycles. The number of carbonyl (C=O) groups is 1. The van der Waals surface area contributed by atoms with Crippen LogP contribution in [0.3, 0.4) is 0 Å². The van der Waals surface area contributed by atoms with Crippen LogP contribution in [-0.4, -0.2) is 20.7 Å². The fourth-order valence-corrected chi connectivity index (χ4v) is 4.54.